The molecule has 4 nitrogen and oxygen atoms in total. The first kappa shape index (κ1) is 14.1. The Labute approximate surface area is 118 Å². The van der Waals surface area contributed by atoms with E-state index in [1.165, 1.54) is 0 Å². The van der Waals surface area contributed by atoms with Crippen LogP contribution in [0.3, 0.4) is 0 Å². The minimum atomic E-state index is -0.395. The first-order valence-electron chi connectivity index (χ1n) is 6.51. The summed E-state index contributed by atoms with van der Waals surface area (Å²) in [5, 5.41) is 0. The fourth-order valence-electron chi connectivity index (χ4n) is 1.99. The lowest BCUT2D eigenvalue weighted by molar-refractivity contribution is 0.0380. The average molecular weight is 270 g/mol. The van der Waals surface area contributed by atoms with Gasteiger partial charge in [0.1, 0.15) is 0 Å². The SMILES string of the molecule is Cc1ccc(-c2ccncc2)c(C(=O)OC(C)C)c1N. The molecule has 4 heteroatoms. The van der Waals surface area contributed by atoms with E-state index in [0.29, 0.717) is 11.3 Å². The summed E-state index contributed by atoms with van der Waals surface area (Å²) < 4.78 is 5.30. The molecule has 1 heterocycles. The van der Waals surface area contributed by atoms with E-state index >= 15 is 0 Å². The maximum atomic E-state index is 12.3. The first-order chi connectivity index (χ1) is 9.50. The number of carbonyl (C=O) groups is 1. The summed E-state index contributed by atoms with van der Waals surface area (Å²) in [6.45, 7) is 5.50. The van der Waals surface area contributed by atoms with Crippen molar-refractivity contribution in [3.63, 3.8) is 0 Å². The van der Waals surface area contributed by atoms with Gasteiger partial charge in [-0.1, -0.05) is 12.1 Å². The number of nitrogens with two attached hydrogens (primary N) is 1. The molecule has 0 aliphatic heterocycles. The predicted octanol–water partition coefficient (Wildman–Crippen LogP) is 3.20. The zero-order valence-corrected chi connectivity index (χ0v) is 11.9. The lowest BCUT2D eigenvalue weighted by Crippen LogP contribution is -2.15. The Morgan fingerprint density at radius 2 is 1.85 bits per heavy atom. The van der Waals surface area contributed by atoms with Crippen molar-refractivity contribution in [2.45, 2.75) is 26.9 Å². The zero-order valence-electron chi connectivity index (χ0n) is 11.9. The molecule has 0 saturated heterocycles. The molecule has 0 fully saturated rings. The molecule has 104 valence electrons. The molecule has 0 atom stereocenters. The number of pyridine rings is 1. The summed E-state index contributed by atoms with van der Waals surface area (Å²) in [4.78, 5) is 16.3. The molecule has 0 amide bonds. The number of carbonyl (C=O) groups excluding carboxylic acids is 1. The molecule has 0 aliphatic carbocycles. The van der Waals surface area contributed by atoms with Crippen LogP contribution in [-0.4, -0.2) is 17.1 Å². The predicted molar refractivity (Wildman–Crippen MR) is 79.4 cm³/mol. The molecule has 0 aliphatic rings. The van der Waals surface area contributed by atoms with Gasteiger partial charge in [0.05, 0.1) is 11.7 Å². The van der Waals surface area contributed by atoms with Gasteiger partial charge in [-0.05, 0) is 49.6 Å². The number of esters is 1. The Hall–Kier alpha value is -2.36. The second kappa shape index (κ2) is 5.74. The Balaban J connectivity index is 2.58. The third-order valence-corrected chi connectivity index (χ3v) is 3.00. The number of anilines is 1. The lowest BCUT2D eigenvalue weighted by atomic mass is 9.96. The molecule has 1 aromatic heterocycles. The van der Waals surface area contributed by atoms with Crippen LogP contribution >= 0.6 is 0 Å². The van der Waals surface area contributed by atoms with E-state index in [0.717, 1.165) is 16.7 Å². The normalized spacial score (nSPS) is 10.6. The molecule has 20 heavy (non-hydrogen) atoms. The molecule has 0 spiro atoms. The summed E-state index contributed by atoms with van der Waals surface area (Å²) >= 11 is 0. The van der Waals surface area contributed by atoms with Crippen LogP contribution in [0.25, 0.3) is 11.1 Å². The van der Waals surface area contributed by atoms with Crippen molar-refractivity contribution in [3.05, 3.63) is 47.8 Å². The highest BCUT2D eigenvalue weighted by Crippen LogP contribution is 2.30. The Morgan fingerprint density at radius 3 is 2.45 bits per heavy atom. The largest absolute Gasteiger partial charge is 0.459 e. The zero-order chi connectivity index (χ0) is 14.7. The van der Waals surface area contributed by atoms with Gasteiger partial charge in [0, 0.05) is 18.1 Å². The molecule has 0 radical (unpaired) electrons. The molecule has 0 bridgehead atoms. The molecule has 1 aromatic carbocycles. The maximum Gasteiger partial charge on any atom is 0.341 e. The second-order valence-corrected chi connectivity index (χ2v) is 4.91. The third kappa shape index (κ3) is 2.79. The molecule has 0 saturated carbocycles. The van der Waals surface area contributed by atoms with E-state index in [-0.39, 0.29) is 6.10 Å². The van der Waals surface area contributed by atoms with Gasteiger partial charge in [0.25, 0.3) is 0 Å². The molecule has 2 rings (SSSR count). The van der Waals surface area contributed by atoms with Crippen molar-refractivity contribution < 1.29 is 9.53 Å². The summed E-state index contributed by atoms with van der Waals surface area (Å²) in [6.07, 6.45) is 3.18. The van der Waals surface area contributed by atoms with Gasteiger partial charge in [0.15, 0.2) is 0 Å². The molecular formula is C16H18N2O2. The Kier molecular flexibility index (Phi) is 4.03. The van der Waals surface area contributed by atoms with Crippen molar-refractivity contribution in [1.29, 1.82) is 0 Å². The van der Waals surface area contributed by atoms with E-state index in [4.69, 9.17) is 10.5 Å². The molecular weight excluding hydrogens is 252 g/mol. The number of aromatic nitrogens is 1. The van der Waals surface area contributed by atoms with Crippen LogP contribution in [0.1, 0.15) is 29.8 Å². The smallest absolute Gasteiger partial charge is 0.341 e. The van der Waals surface area contributed by atoms with Crippen LogP contribution in [0.5, 0.6) is 0 Å². The van der Waals surface area contributed by atoms with Crippen molar-refractivity contribution >= 4 is 11.7 Å². The highest BCUT2D eigenvalue weighted by Gasteiger charge is 2.20. The number of hydrogen-bond donors (Lipinski definition) is 1. The van der Waals surface area contributed by atoms with E-state index in [1.807, 2.05) is 45.0 Å². The summed E-state index contributed by atoms with van der Waals surface area (Å²) in [7, 11) is 0. The molecule has 2 N–H and O–H groups in total. The van der Waals surface area contributed by atoms with Gasteiger partial charge in [-0.3, -0.25) is 4.98 Å². The van der Waals surface area contributed by atoms with E-state index in [9.17, 15) is 4.79 Å². The Morgan fingerprint density at radius 1 is 1.20 bits per heavy atom. The minimum Gasteiger partial charge on any atom is -0.459 e. The Bertz CT molecular complexity index is 622. The van der Waals surface area contributed by atoms with Crippen molar-refractivity contribution in [1.82, 2.24) is 4.98 Å². The van der Waals surface area contributed by atoms with Gasteiger partial charge in [-0.15, -0.1) is 0 Å². The lowest BCUT2D eigenvalue weighted by Gasteiger charge is -2.15. The second-order valence-electron chi connectivity index (χ2n) is 4.91. The van der Waals surface area contributed by atoms with Crippen LogP contribution in [0.4, 0.5) is 5.69 Å². The van der Waals surface area contributed by atoms with Crippen molar-refractivity contribution in [2.24, 2.45) is 0 Å². The quantitative estimate of drug-likeness (QED) is 0.687. The van der Waals surface area contributed by atoms with Crippen molar-refractivity contribution in [3.8, 4) is 11.1 Å². The third-order valence-electron chi connectivity index (χ3n) is 3.00. The van der Waals surface area contributed by atoms with Crippen LogP contribution in [0.2, 0.25) is 0 Å². The number of nitrogen functional groups attached to an aromatic ring is 1. The number of rotatable bonds is 3. The average Bonchev–Trinajstić information content (AvgIpc) is 2.41. The number of aryl methyl sites for hydroxylation is 1. The minimum absolute atomic E-state index is 0.187. The van der Waals surface area contributed by atoms with Crippen molar-refractivity contribution in [2.75, 3.05) is 5.73 Å². The van der Waals surface area contributed by atoms with Crippen LogP contribution < -0.4 is 5.73 Å². The summed E-state index contributed by atoms with van der Waals surface area (Å²) in [5.41, 5.74) is 9.48. The van der Waals surface area contributed by atoms with Gasteiger partial charge in [0.2, 0.25) is 0 Å². The number of ether oxygens (including phenoxy) is 1. The standard InChI is InChI=1S/C16H18N2O2/c1-10(2)20-16(19)14-13(5-4-11(3)15(14)17)12-6-8-18-9-7-12/h4-10H,17H2,1-3H3. The first-order valence-corrected chi connectivity index (χ1v) is 6.51. The van der Waals surface area contributed by atoms with E-state index in [2.05, 4.69) is 4.98 Å². The highest BCUT2D eigenvalue weighted by atomic mass is 16.5. The summed E-state index contributed by atoms with van der Waals surface area (Å²) in [5.74, 6) is -0.395. The van der Waals surface area contributed by atoms with Gasteiger partial charge >= 0.3 is 5.97 Å². The number of nitrogens with zero attached hydrogens (tertiary/aromatic N) is 1. The van der Waals surface area contributed by atoms with Gasteiger partial charge in [-0.25, -0.2) is 4.79 Å². The van der Waals surface area contributed by atoms with Gasteiger partial charge in [-0.2, -0.15) is 0 Å². The molecule has 0 unspecified atom stereocenters. The van der Waals surface area contributed by atoms with Crippen LogP contribution in [0.15, 0.2) is 36.7 Å². The molecule has 2 aromatic rings. The highest BCUT2D eigenvalue weighted by molar-refractivity contribution is 6.03. The van der Waals surface area contributed by atoms with E-state index < -0.39 is 5.97 Å². The fourth-order valence-corrected chi connectivity index (χ4v) is 1.99. The topological polar surface area (TPSA) is 65.2 Å². The number of benzene rings is 1. The maximum absolute atomic E-state index is 12.3. The number of hydrogen-bond acceptors (Lipinski definition) is 4. The monoisotopic (exact) mass is 270 g/mol. The van der Waals surface area contributed by atoms with E-state index in [1.54, 1.807) is 12.4 Å². The van der Waals surface area contributed by atoms with Crippen LogP contribution in [0, 0.1) is 6.92 Å². The fraction of sp³-hybridized carbons (Fsp3) is 0.250. The van der Waals surface area contributed by atoms with Crippen LogP contribution in [-0.2, 0) is 4.74 Å². The summed E-state index contributed by atoms with van der Waals surface area (Å²) in [6, 6.07) is 7.47. The van der Waals surface area contributed by atoms with Gasteiger partial charge < -0.3 is 10.5 Å².